The normalized spacial score (nSPS) is 30.8. The third kappa shape index (κ3) is 2.91. The third-order valence-electron chi connectivity index (χ3n) is 2.41. The van der Waals surface area contributed by atoms with E-state index in [0.717, 1.165) is 0 Å². The molecular formula is C8H15FO3S. The number of halogens is 1. The first-order valence-electron chi connectivity index (χ1n) is 4.46. The summed E-state index contributed by atoms with van der Waals surface area (Å²) in [4.78, 5) is 0. The minimum Gasteiger partial charge on any atom is -0.378 e. The second-order valence-corrected chi connectivity index (χ2v) is 5.39. The number of ether oxygens (including phenoxy) is 1. The van der Waals surface area contributed by atoms with Crippen LogP contribution in [0.3, 0.4) is 0 Å². The molecule has 1 fully saturated rings. The van der Waals surface area contributed by atoms with Gasteiger partial charge >= 0.3 is 10.2 Å². The van der Waals surface area contributed by atoms with E-state index < -0.39 is 15.5 Å². The third-order valence-corrected chi connectivity index (χ3v) is 3.63. The van der Waals surface area contributed by atoms with Crippen LogP contribution in [0.5, 0.6) is 0 Å². The predicted molar refractivity (Wildman–Crippen MR) is 47.6 cm³/mol. The van der Waals surface area contributed by atoms with Crippen molar-refractivity contribution in [3.63, 3.8) is 0 Å². The van der Waals surface area contributed by atoms with Crippen LogP contribution >= 0.6 is 0 Å². The van der Waals surface area contributed by atoms with E-state index in [1.807, 2.05) is 13.8 Å². The van der Waals surface area contributed by atoms with Crippen molar-refractivity contribution in [3.8, 4) is 0 Å². The largest absolute Gasteiger partial charge is 0.378 e. The first kappa shape index (κ1) is 10.9. The predicted octanol–water partition coefficient (Wildman–Crippen LogP) is 1.49. The molecule has 1 saturated heterocycles. The second kappa shape index (κ2) is 3.92. The van der Waals surface area contributed by atoms with Crippen LogP contribution in [0.4, 0.5) is 3.89 Å². The lowest BCUT2D eigenvalue weighted by Crippen LogP contribution is -2.35. The lowest BCUT2D eigenvalue weighted by molar-refractivity contribution is -0.0105. The van der Waals surface area contributed by atoms with Gasteiger partial charge in [0.05, 0.1) is 11.4 Å². The molecule has 0 N–H and O–H groups in total. The highest BCUT2D eigenvalue weighted by Gasteiger charge is 2.33. The molecule has 78 valence electrons. The number of hydrogen-bond acceptors (Lipinski definition) is 3. The Morgan fingerprint density at radius 3 is 2.54 bits per heavy atom. The van der Waals surface area contributed by atoms with E-state index in [0.29, 0.717) is 6.61 Å². The average molecular weight is 210 g/mol. The molecule has 0 aliphatic carbocycles. The summed E-state index contributed by atoms with van der Waals surface area (Å²) in [6.07, 6.45) is 0.447. The van der Waals surface area contributed by atoms with Gasteiger partial charge in [-0.2, -0.15) is 8.42 Å². The summed E-state index contributed by atoms with van der Waals surface area (Å²) in [5.74, 6) is 0.240. The Kier molecular flexibility index (Phi) is 3.29. The van der Waals surface area contributed by atoms with Gasteiger partial charge in [-0.25, -0.2) is 0 Å². The van der Waals surface area contributed by atoms with Crippen molar-refractivity contribution in [1.29, 1.82) is 0 Å². The van der Waals surface area contributed by atoms with Gasteiger partial charge in [-0.05, 0) is 18.8 Å². The molecule has 1 aliphatic heterocycles. The molecule has 1 rings (SSSR count). The van der Waals surface area contributed by atoms with Crippen LogP contribution in [0.15, 0.2) is 0 Å². The van der Waals surface area contributed by atoms with E-state index >= 15 is 0 Å². The maximum Gasteiger partial charge on any atom is 0.305 e. The van der Waals surface area contributed by atoms with Gasteiger partial charge in [-0.3, -0.25) is 0 Å². The minimum atomic E-state index is -4.37. The van der Waals surface area contributed by atoms with E-state index in [4.69, 9.17) is 4.74 Å². The Morgan fingerprint density at radius 2 is 2.08 bits per heavy atom. The number of rotatable bonds is 2. The number of hydrogen-bond donors (Lipinski definition) is 0. The van der Waals surface area contributed by atoms with Crippen molar-refractivity contribution < 1.29 is 17.0 Å². The molecular weight excluding hydrogens is 195 g/mol. The topological polar surface area (TPSA) is 43.4 Å². The van der Waals surface area contributed by atoms with Gasteiger partial charge < -0.3 is 4.74 Å². The smallest absolute Gasteiger partial charge is 0.305 e. The van der Waals surface area contributed by atoms with Gasteiger partial charge in [0, 0.05) is 6.61 Å². The van der Waals surface area contributed by atoms with E-state index in [1.54, 1.807) is 0 Å². The fourth-order valence-electron chi connectivity index (χ4n) is 1.52. The molecule has 0 radical (unpaired) electrons. The van der Waals surface area contributed by atoms with Gasteiger partial charge in [-0.1, -0.05) is 13.8 Å². The molecule has 0 aromatic rings. The second-order valence-electron chi connectivity index (χ2n) is 3.78. The summed E-state index contributed by atoms with van der Waals surface area (Å²) in [5.41, 5.74) is 0. The quantitative estimate of drug-likeness (QED) is 0.648. The molecule has 0 saturated carbocycles. The Labute approximate surface area is 78.5 Å². The van der Waals surface area contributed by atoms with Gasteiger partial charge in [0.25, 0.3) is 0 Å². The van der Waals surface area contributed by atoms with Crippen molar-refractivity contribution in [2.75, 3.05) is 6.61 Å². The van der Waals surface area contributed by atoms with E-state index in [1.165, 1.54) is 0 Å². The van der Waals surface area contributed by atoms with Crippen molar-refractivity contribution >= 4 is 10.2 Å². The van der Waals surface area contributed by atoms with Crippen LogP contribution in [0.1, 0.15) is 26.7 Å². The van der Waals surface area contributed by atoms with Crippen LogP contribution in [0.2, 0.25) is 0 Å². The Hall–Kier alpha value is -0.160. The molecule has 0 aromatic heterocycles. The highest BCUT2D eigenvalue weighted by atomic mass is 32.3. The highest BCUT2D eigenvalue weighted by molar-refractivity contribution is 7.87. The van der Waals surface area contributed by atoms with Crippen LogP contribution in [0.25, 0.3) is 0 Å². The first-order chi connectivity index (χ1) is 5.91. The Morgan fingerprint density at radius 1 is 1.46 bits per heavy atom. The highest BCUT2D eigenvalue weighted by Crippen LogP contribution is 2.25. The molecule has 0 aromatic carbocycles. The zero-order valence-electron chi connectivity index (χ0n) is 7.86. The van der Waals surface area contributed by atoms with E-state index in [9.17, 15) is 12.3 Å². The zero-order chi connectivity index (χ0) is 10.1. The maximum atomic E-state index is 12.6. The molecule has 1 aliphatic rings. The summed E-state index contributed by atoms with van der Waals surface area (Å²) >= 11 is 0. The van der Waals surface area contributed by atoms with E-state index in [2.05, 4.69) is 0 Å². The molecule has 0 amide bonds. The summed E-state index contributed by atoms with van der Waals surface area (Å²) in [5, 5.41) is -0.853. The van der Waals surface area contributed by atoms with Crippen LogP contribution in [0, 0.1) is 5.92 Å². The molecule has 3 nitrogen and oxygen atoms in total. The van der Waals surface area contributed by atoms with Crippen molar-refractivity contribution in [2.45, 2.75) is 38.0 Å². The molecule has 0 bridgehead atoms. The van der Waals surface area contributed by atoms with Crippen LogP contribution in [-0.2, 0) is 15.0 Å². The molecule has 5 heteroatoms. The monoisotopic (exact) mass is 210 g/mol. The fraction of sp³-hybridized carbons (Fsp3) is 1.00. The summed E-state index contributed by atoms with van der Waals surface area (Å²) in [7, 11) is -4.37. The molecule has 1 heterocycles. The lowest BCUT2D eigenvalue weighted by Gasteiger charge is -2.29. The van der Waals surface area contributed by atoms with Crippen molar-refractivity contribution in [1.82, 2.24) is 0 Å². The molecule has 0 spiro atoms. The summed E-state index contributed by atoms with van der Waals surface area (Å²) in [6.45, 7) is 4.23. The zero-order valence-corrected chi connectivity index (χ0v) is 8.68. The fourth-order valence-corrected chi connectivity index (χ4v) is 2.31. The average Bonchev–Trinajstić information content (AvgIpc) is 2.03. The van der Waals surface area contributed by atoms with Gasteiger partial charge in [0.1, 0.15) is 0 Å². The van der Waals surface area contributed by atoms with Crippen LogP contribution in [-0.4, -0.2) is 26.4 Å². The Balaban J connectivity index is 2.62. The molecule has 13 heavy (non-hydrogen) atoms. The van der Waals surface area contributed by atoms with E-state index in [-0.39, 0.29) is 24.9 Å². The first-order valence-corrected chi connectivity index (χ1v) is 5.91. The Bertz CT molecular complexity index is 261. The lowest BCUT2D eigenvalue weighted by atomic mass is 9.99. The molecule has 2 atom stereocenters. The SMILES string of the molecule is CC(C)C1CC(S(=O)(=O)F)CCO1. The summed E-state index contributed by atoms with van der Waals surface area (Å²) < 4.78 is 39.2. The van der Waals surface area contributed by atoms with Gasteiger partial charge in [0.15, 0.2) is 0 Å². The van der Waals surface area contributed by atoms with Crippen molar-refractivity contribution in [2.24, 2.45) is 5.92 Å². The van der Waals surface area contributed by atoms with Gasteiger partial charge in [0.2, 0.25) is 0 Å². The minimum absolute atomic E-state index is 0.121. The van der Waals surface area contributed by atoms with Crippen LogP contribution < -0.4 is 0 Å². The van der Waals surface area contributed by atoms with Gasteiger partial charge in [-0.15, -0.1) is 3.89 Å². The molecule has 2 unspecified atom stereocenters. The van der Waals surface area contributed by atoms with Crippen molar-refractivity contribution in [3.05, 3.63) is 0 Å². The summed E-state index contributed by atoms with van der Waals surface area (Å²) in [6, 6.07) is 0. The maximum absolute atomic E-state index is 12.6. The standard InChI is InChI=1S/C8H15FO3S/c1-6(2)8-5-7(3-4-12-8)13(9,10)11/h6-8H,3-5H2,1-2H3.